The predicted octanol–water partition coefficient (Wildman–Crippen LogP) is 29.7. The van der Waals surface area contributed by atoms with Crippen LogP contribution in [0.5, 0.6) is 0 Å². The molecule has 0 rings (SSSR count). The molecule has 0 aliphatic heterocycles. The number of ether oxygens (including phenoxy) is 3. The Morgan fingerprint density at radius 3 is 0.706 bits per heavy atom. The van der Waals surface area contributed by atoms with Crippen molar-refractivity contribution in [2.24, 2.45) is 0 Å². The zero-order valence-electron chi connectivity index (χ0n) is 75.5. The quantitative estimate of drug-likeness (QED) is 0.0146. The molecule has 0 spiro atoms. The molecular weight excluding hydrogens is 1530 g/mol. The van der Waals surface area contributed by atoms with Crippen LogP contribution < -0.4 is 0 Å². The van der Waals surface area contributed by atoms with Crippen molar-refractivity contribution in [3.05, 3.63) is 158 Å². The van der Waals surface area contributed by atoms with E-state index in [0.29, 0.717) is 19.3 Å². The maximum absolute atomic E-state index is 13.1. The molecule has 0 radical (unpaired) electrons. The first-order valence-electron chi connectivity index (χ1n) is 47.8. The molecule has 0 aromatic heterocycles. The summed E-state index contributed by atoms with van der Waals surface area (Å²) in [6.45, 7) is 2.56. The molecule has 0 aromatic carbocycles. The maximum atomic E-state index is 13.1. The van der Waals surface area contributed by atoms with E-state index in [4.69, 9.17) is 32.3 Å². The minimum atomic E-state index is -4.95. The molecule has 0 aliphatic rings. The molecule has 0 saturated heterocycles. The van der Waals surface area contributed by atoms with Crippen LogP contribution in [-0.4, -0.2) is 95.9 Å². The molecular formula is C101H174O16P2. The number of hydrogen-bond acceptors (Lipinski definition) is 14. The van der Waals surface area contributed by atoms with Gasteiger partial charge in [-0.3, -0.25) is 32.5 Å². The largest absolute Gasteiger partial charge is 0.472 e. The second-order valence-corrected chi connectivity index (χ2v) is 34.7. The SMILES string of the molecule is CC/C=C\C/C=C\C/C=C\C/C=C\C/C=C\CCCCCCCCCCCCCCCC(=O)OCC(O)COP(=O)(O)OCC(O)COP(=O)(O)OCC(COC(=O)CCCCCCCCCCCCCCC/C=C\C/C=C\C/C=C\C/C=C\CCCCC)OC(=O)CCCCCCCCCCC/C=C\C/C=C\C/C=C\C/C=C\CCCCC. The molecule has 5 atom stereocenters. The van der Waals surface area contributed by atoms with Gasteiger partial charge in [0.2, 0.25) is 0 Å². The van der Waals surface area contributed by atoms with Crippen molar-refractivity contribution >= 4 is 33.6 Å². The average Bonchev–Trinajstić information content (AvgIpc) is 0.891. The number of rotatable bonds is 90. The lowest BCUT2D eigenvalue weighted by atomic mass is 10.0. The molecule has 0 aromatic rings. The second kappa shape index (κ2) is 92.4. The number of carbonyl (C=O) groups excluding carboxylic acids is 3. The van der Waals surface area contributed by atoms with Crippen molar-refractivity contribution in [1.29, 1.82) is 0 Å². The molecule has 5 unspecified atom stereocenters. The van der Waals surface area contributed by atoms with Gasteiger partial charge in [0.1, 0.15) is 25.4 Å². The molecule has 16 nitrogen and oxygen atoms in total. The average molecular weight is 1710 g/mol. The number of hydrogen-bond donors (Lipinski definition) is 4. The molecule has 4 N–H and O–H groups in total. The Balaban J connectivity index is 4.65. The Morgan fingerprint density at radius 1 is 0.244 bits per heavy atom. The van der Waals surface area contributed by atoms with E-state index in [9.17, 15) is 43.5 Å². The minimum absolute atomic E-state index is 0.0945. The van der Waals surface area contributed by atoms with Gasteiger partial charge >= 0.3 is 33.6 Å². The van der Waals surface area contributed by atoms with Crippen LogP contribution in [0.25, 0.3) is 0 Å². The Bertz CT molecular complexity index is 2790. The number of aliphatic hydroxyl groups is 2. The summed E-state index contributed by atoms with van der Waals surface area (Å²) in [7, 11) is -9.82. The summed E-state index contributed by atoms with van der Waals surface area (Å²) in [5.41, 5.74) is 0. The molecule has 18 heteroatoms. The summed E-state index contributed by atoms with van der Waals surface area (Å²) in [5, 5.41) is 20.8. The van der Waals surface area contributed by atoms with Gasteiger partial charge < -0.3 is 34.2 Å². The van der Waals surface area contributed by atoms with Crippen LogP contribution in [0.3, 0.4) is 0 Å². The van der Waals surface area contributed by atoms with Gasteiger partial charge in [-0.05, 0) is 154 Å². The third-order valence-corrected chi connectivity index (χ3v) is 22.1. The first-order valence-corrected chi connectivity index (χ1v) is 50.8. The van der Waals surface area contributed by atoms with Crippen LogP contribution in [0.15, 0.2) is 158 Å². The molecule has 0 saturated carbocycles. The van der Waals surface area contributed by atoms with Gasteiger partial charge in [-0.2, -0.15) is 0 Å². The molecule has 0 heterocycles. The topological polar surface area (TPSA) is 231 Å². The zero-order chi connectivity index (χ0) is 86.5. The van der Waals surface area contributed by atoms with E-state index in [1.807, 2.05) is 0 Å². The van der Waals surface area contributed by atoms with Crippen LogP contribution in [0.1, 0.15) is 406 Å². The van der Waals surface area contributed by atoms with Crippen LogP contribution in [0.2, 0.25) is 0 Å². The first kappa shape index (κ1) is 114. The van der Waals surface area contributed by atoms with Crippen LogP contribution in [0.4, 0.5) is 0 Å². The number of allylic oxidation sites excluding steroid dienone is 26. The summed E-state index contributed by atoms with van der Waals surface area (Å²) >= 11 is 0. The highest BCUT2D eigenvalue weighted by Gasteiger charge is 2.30. The normalized spacial score (nSPS) is 14.4. The van der Waals surface area contributed by atoms with Crippen molar-refractivity contribution in [1.82, 2.24) is 0 Å². The number of aliphatic hydroxyl groups excluding tert-OH is 2. The number of carbonyl (C=O) groups is 3. The minimum Gasteiger partial charge on any atom is -0.463 e. The van der Waals surface area contributed by atoms with E-state index < -0.39 is 91.5 Å². The third kappa shape index (κ3) is 93.7. The molecule has 684 valence electrons. The van der Waals surface area contributed by atoms with E-state index in [2.05, 4.69) is 179 Å². The highest BCUT2D eigenvalue weighted by Crippen LogP contribution is 2.45. The molecule has 0 amide bonds. The smallest absolute Gasteiger partial charge is 0.463 e. The fourth-order valence-electron chi connectivity index (χ4n) is 13.0. The van der Waals surface area contributed by atoms with Gasteiger partial charge in [0.05, 0.1) is 26.4 Å². The van der Waals surface area contributed by atoms with E-state index >= 15 is 0 Å². The van der Waals surface area contributed by atoms with Gasteiger partial charge in [0, 0.05) is 19.3 Å². The van der Waals surface area contributed by atoms with Gasteiger partial charge in [-0.15, -0.1) is 0 Å². The highest BCUT2D eigenvalue weighted by molar-refractivity contribution is 7.47. The van der Waals surface area contributed by atoms with Crippen molar-refractivity contribution in [3.8, 4) is 0 Å². The van der Waals surface area contributed by atoms with Gasteiger partial charge in [0.25, 0.3) is 0 Å². The monoisotopic (exact) mass is 1710 g/mol. The van der Waals surface area contributed by atoms with Gasteiger partial charge in [-0.25, -0.2) is 9.13 Å². The number of phosphoric acid groups is 2. The van der Waals surface area contributed by atoms with Crippen LogP contribution in [-0.2, 0) is 55.8 Å². The lowest BCUT2D eigenvalue weighted by Gasteiger charge is -2.21. The summed E-state index contributed by atoms with van der Waals surface area (Å²) in [5.74, 6) is -1.57. The standard InChI is InChI=1S/C101H174O16P2/c1-4-7-10-13-16-19-22-25-28-31-34-37-40-43-45-47-49-52-54-57-60-63-66-69-72-75-78-81-84-87-99(104)111-90-96(102)91-113-118(107,108)114-92-97(103)93-115-119(109,110)116-95-98(117-101(106)89-86-83-80-77-74-71-68-65-62-59-56-51-42-39-36-33-30-27-24-21-18-15-12-9-6-3)94-112-100(105)88-85-82-79-76-73-70-67-64-61-58-55-53-50-48-46-44-41-38-35-32-29-26-23-20-17-14-11-8-5-2/h7,10,16-21,25-30,34-39,43-46,51,56,96-98,102-103H,4-6,8-9,11-15,22-24,31-33,40-42,47-50,52-55,57-95H2,1-3H3,(H,107,108)(H,109,110)/b10-7-,19-16-,20-17-,21-18-,28-25-,29-26-,30-27-,37-34-,38-35-,39-36-,45-43-,46-44-,56-51-. The molecule has 0 bridgehead atoms. The van der Waals surface area contributed by atoms with E-state index in [0.717, 1.165) is 161 Å². The van der Waals surface area contributed by atoms with Crippen LogP contribution in [0, 0.1) is 0 Å². The Labute approximate surface area is 727 Å². The highest BCUT2D eigenvalue weighted by atomic mass is 31.2. The maximum Gasteiger partial charge on any atom is 0.472 e. The fraction of sp³-hybridized carbons (Fsp3) is 0.713. The summed E-state index contributed by atoms with van der Waals surface area (Å²) < 4.78 is 61.6. The zero-order valence-corrected chi connectivity index (χ0v) is 77.3. The van der Waals surface area contributed by atoms with E-state index in [1.165, 1.54) is 186 Å². The third-order valence-electron chi connectivity index (χ3n) is 20.2. The Hall–Kier alpha value is -4.83. The fourth-order valence-corrected chi connectivity index (χ4v) is 14.6. The number of unbranched alkanes of at least 4 members (excludes halogenated alkanes) is 41. The van der Waals surface area contributed by atoms with Crippen molar-refractivity contribution in [2.45, 2.75) is 424 Å². The first-order chi connectivity index (χ1) is 58.2. The summed E-state index contributed by atoms with van der Waals surface area (Å²) in [6, 6.07) is 0. The van der Waals surface area contributed by atoms with E-state index in [1.54, 1.807) is 0 Å². The Kier molecular flexibility index (Phi) is 88.6. The summed E-state index contributed by atoms with van der Waals surface area (Å²) in [6.07, 6.45) is 118. The number of phosphoric ester groups is 2. The molecule has 119 heavy (non-hydrogen) atoms. The van der Waals surface area contributed by atoms with Crippen LogP contribution >= 0.6 is 15.6 Å². The van der Waals surface area contributed by atoms with Gasteiger partial charge in [0.15, 0.2) is 6.10 Å². The van der Waals surface area contributed by atoms with Gasteiger partial charge in [-0.1, -0.05) is 391 Å². The predicted molar refractivity (Wildman–Crippen MR) is 500 cm³/mol. The van der Waals surface area contributed by atoms with Crippen molar-refractivity contribution < 1.29 is 75.8 Å². The lowest BCUT2D eigenvalue weighted by Crippen LogP contribution is -2.30. The summed E-state index contributed by atoms with van der Waals surface area (Å²) in [4.78, 5) is 59.1. The van der Waals surface area contributed by atoms with E-state index in [-0.39, 0.29) is 19.3 Å². The lowest BCUT2D eigenvalue weighted by molar-refractivity contribution is -0.161. The van der Waals surface area contributed by atoms with Crippen molar-refractivity contribution in [2.75, 3.05) is 39.6 Å². The molecule has 0 aliphatic carbocycles. The Morgan fingerprint density at radius 2 is 0.445 bits per heavy atom. The van der Waals surface area contributed by atoms with Crippen molar-refractivity contribution in [3.63, 3.8) is 0 Å². The second-order valence-electron chi connectivity index (χ2n) is 31.8. The number of esters is 3. The molecule has 0 fully saturated rings.